The molecule has 0 heterocycles. The summed E-state index contributed by atoms with van der Waals surface area (Å²) in [6, 6.07) is 0. The maximum atomic E-state index is 11.7. The molecule has 1 fully saturated rings. The van der Waals surface area contributed by atoms with E-state index in [0.717, 1.165) is 19.3 Å². The van der Waals surface area contributed by atoms with Gasteiger partial charge < -0.3 is 4.74 Å². The highest BCUT2D eigenvalue weighted by Crippen LogP contribution is 2.35. The van der Waals surface area contributed by atoms with Crippen molar-refractivity contribution in [1.82, 2.24) is 0 Å². The average Bonchev–Trinajstić information content (AvgIpc) is 2.61. The maximum Gasteiger partial charge on any atom is 0.305 e. The normalized spacial score (nSPS) is 24.8. The molecular weight excluding hydrogens is 204 g/mol. The molecule has 0 radical (unpaired) electrons. The standard InChI is InChI=1S/C13H22O3/c1-3-4-5-6-11-10(7-8-12(11)14)9-13(15)16-2/h10-11H,3-9H2,1-2H3/t10-,11?/m0/s1. The molecule has 0 aromatic heterocycles. The van der Waals surface area contributed by atoms with Gasteiger partial charge in [-0.15, -0.1) is 0 Å². The Morgan fingerprint density at radius 1 is 1.44 bits per heavy atom. The number of methoxy groups -OCH3 is 1. The van der Waals surface area contributed by atoms with E-state index in [1.807, 2.05) is 0 Å². The first-order valence-electron chi connectivity index (χ1n) is 6.28. The maximum absolute atomic E-state index is 11.7. The smallest absolute Gasteiger partial charge is 0.305 e. The summed E-state index contributed by atoms with van der Waals surface area (Å²) in [4.78, 5) is 22.9. The first kappa shape index (κ1) is 13.2. The SMILES string of the molecule is CCCCCC1C(=O)CC[C@H]1CC(=O)OC. The summed E-state index contributed by atoms with van der Waals surface area (Å²) in [5.41, 5.74) is 0. The fourth-order valence-electron chi connectivity index (χ4n) is 2.53. The summed E-state index contributed by atoms with van der Waals surface area (Å²) >= 11 is 0. The van der Waals surface area contributed by atoms with Crippen LogP contribution in [0.4, 0.5) is 0 Å². The minimum atomic E-state index is -0.180. The van der Waals surface area contributed by atoms with Crippen molar-refractivity contribution < 1.29 is 14.3 Å². The van der Waals surface area contributed by atoms with Crippen LogP contribution in [0, 0.1) is 11.8 Å². The second-order valence-corrected chi connectivity index (χ2v) is 4.65. The lowest BCUT2D eigenvalue weighted by Crippen LogP contribution is -2.18. The van der Waals surface area contributed by atoms with Gasteiger partial charge in [-0.05, 0) is 18.8 Å². The van der Waals surface area contributed by atoms with Crippen LogP contribution in [-0.2, 0) is 14.3 Å². The van der Waals surface area contributed by atoms with Crippen molar-refractivity contribution in [3.8, 4) is 0 Å². The molecule has 0 N–H and O–H groups in total. The molecule has 1 unspecified atom stereocenters. The highest BCUT2D eigenvalue weighted by Gasteiger charge is 2.35. The van der Waals surface area contributed by atoms with Crippen LogP contribution in [0.15, 0.2) is 0 Å². The largest absolute Gasteiger partial charge is 0.469 e. The van der Waals surface area contributed by atoms with Gasteiger partial charge in [-0.3, -0.25) is 9.59 Å². The molecule has 1 saturated carbocycles. The number of ether oxygens (including phenoxy) is 1. The number of rotatable bonds is 6. The summed E-state index contributed by atoms with van der Waals surface area (Å²) < 4.78 is 4.67. The summed E-state index contributed by atoms with van der Waals surface area (Å²) in [6.07, 6.45) is 6.33. The quantitative estimate of drug-likeness (QED) is 0.516. The Balaban J connectivity index is 2.42. The molecule has 0 bridgehead atoms. The zero-order valence-electron chi connectivity index (χ0n) is 10.3. The van der Waals surface area contributed by atoms with Gasteiger partial charge in [0.2, 0.25) is 0 Å². The lowest BCUT2D eigenvalue weighted by Gasteiger charge is -2.16. The van der Waals surface area contributed by atoms with Crippen molar-refractivity contribution in [2.75, 3.05) is 7.11 Å². The second-order valence-electron chi connectivity index (χ2n) is 4.65. The predicted octanol–water partition coefficient (Wildman–Crippen LogP) is 2.73. The van der Waals surface area contributed by atoms with E-state index in [9.17, 15) is 9.59 Å². The predicted molar refractivity (Wildman–Crippen MR) is 62.0 cm³/mol. The monoisotopic (exact) mass is 226 g/mol. The van der Waals surface area contributed by atoms with E-state index in [0.29, 0.717) is 18.6 Å². The fraction of sp³-hybridized carbons (Fsp3) is 0.846. The Bertz CT molecular complexity index is 248. The summed E-state index contributed by atoms with van der Waals surface area (Å²) in [6.45, 7) is 2.16. The van der Waals surface area contributed by atoms with Gasteiger partial charge in [-0.2, -0.15) is 0 Å². The molecule has 0 aromatic carbocycles. The highest BCUT2D eigenvalue weighted by atomic mass is 16.5. The van der Waals surface area contributed by atoms with Crippen molar-refractivity contribution in [2.24, 2.45) is 11.8 Å². The zero-order chi connectivity index (χ0) is 12.0. The molecule has 1 aliphatic rings. The Hall–Kier alpha value is -0.860. The van der Waals surface area contributed by atoms with E-state index < -0.39 is 0 Å². The molecule has 2 atom stereocenters. The van der Waals surface area contributed by atoms with Crippen LogP contribution in [0.2, 0.25) is 0 Å². The van der Waals surface area contributed by atoms with Crippen LogP contribution >= 0.6 is 0 Å². The third-order valence-electron chi connectivity index (χ3n) is 3.52. The Morgan fingerprint density at radius 2 is 2.19 bits per heavy atom. The average molecular weight is 226 g/mol. The molecule has 0 aliphatic heterocycles. The molecule has 92 valence electrons. The highest BCUT2D eigenvalue weighted by molar-refractivity contribution is 5.84. The Kier molecular flexibility index (Phi) is 5.50. The minimum absolute atomic E-state index is 0.116. The van der Waals surface area contributed by atoms with Crippen molar-refractivity contribution in [3.63, 3.8) is 0 Å². The van der Waals surface area contributed by atoms with Crippen LogP contribution in [0.1, 0.15) is 51.9 Å². The molecular formula is C13H22O3. The fourth-order valence-corrected chi connectivity index (χ4v) is 2.53. The minimum Gasteiger partial charge on any atom is -0.469 e. The number of ketones is 1. The molecule has 0 aromatic rings. The van der Waals surface area contributed by atoms with Gasteiger partial charge >= 0.3 is 5.97 Å². The number of carbonyl (C=O) groups excluding carboxylic acids is 2. The lowest BCUT2D eigenvalue weighted by atomic mass is 9.88. The number of hydrogen-bond donors (Lipinski definition) is 0. The number of unbranched alkanes of at least 4 members (excludes halogenated alkanes) is 2. The van der Waals surface area contributed by atoms with Crippen molar-refractivity contribution >= 4 is 11.8 Å². The number of hydrogen-bond acceptors (Lipinski definition) is 3. The van der Waals surface area contributed by atoms with Gasteiger partial charge in [0.05, 0.1) is 7.11 Å². The van der Waals surface area contributed by atoms with Crippen molar-refractivity contribution in [1.29, 1.82) is 0 Å². The summed E-state index contributed by atoms with van der Waals surface area (Å²) in [5.74, 6) is 0.521. The Morgan fingerprint density at radius 3 is 2.81 bits per heavy atom. The van der Waals surface area contributed by atoms with Crippen LogP contribution in [0.25, 0.3) is 0 Å². The molecule has 3 heteroatoms. The van der Waals surface area contributed by atoms with E-state index >= 15 is 0 Å². The molecule has 0 amide bonds. The van der Waals surface area contributed by atoms with Crippen LogP contribution in [0.5, 0.6) is 0 Å². The van der Waals surface area contributed by atoms with Gasteiger partial charge in [-0.25, -0.2) is 0 Å². The second kappa shape index (κ2) is 6.66. The van der Waals surface area contributed by atoms with E-state index in [-0.39, 0.29) is 17.8 Å². The number of Topliss-reactive ketones (excluding diaryl/α,β-unsaturated/α-hetero) is 1. The first-order valence-corrected chi connectivity index (χ1v) is 6.28. The van der Waals surface area contributed by atoms with E-state index in [1.54, 1.807) is 0 Å². The number of esters is 1. The molecule has 0 saturated heterocycles. The molecule has 1 aliphatic carbocycles. The van der Waals surface area contributed by atoms with Crippen LogP contribution in [-0.4, -0.2) is 18.9 Å². The first-order chi connectivity index (χ1) is 7.69. The van der Waals surface area contributed by atoms with E-state index in [4.69, 9.17) is 0 Å². The van der Waals surface area contributed by atoms with E-state index in [1.165, 1.54) is 20.0 Å². The van der Waals surface area contributed by atoms with Gasteiger partial charge in [-0.1, -0.05) is 26.2 Å². The Labute approximate surface area is 97.5 Å². The molecule has 0 spiro atoms. The van der Waals surface area contributed by atoms with Crippen LogP contribution in [0.3, 0.4) is 0 Å². The van der Waals surface area contributed by atoms with Gasteiger partial charge in [0.15, 0.2) is 0 Å². The number of carbonyl (C=O) groups is 2. The third-order valence-corrected chi connectivity index (χ3v) is 3.52. The third kappa shape index (κ3) is 3.62. The lowest BCUT2D eigenvalue weighted by molar-refractivity contribution is -0.142. The van der Waals surface area contributed by atoms with Gasteiger partial charge in [0.1, 0.15) is 5.78 Å². The van der Waals surface area contributed by atoms with Crippen molar-refractivity contribution in [3.05, 3.63) is 0 Å². The van der Waals surface area contributed by atoms with Crippen LogP contribution < -0.4 is 0 Å². The molecule has 3 nitrogen and oxygen atoms in total. The van der Waals surface area contributed by atoms with E-state index in [2.05, 4.69) is 11.7 Å². The molecule has 1 rings (SSSR count). The van der Waals surface area contributed by atoms with Crippen molar-refractivity contribution in [2.45, 2.75) is 51.9 Å². The topological polar surface area (TPSA) is 43.4 Å². The zero-order valence-corrected chi connectivity index (χ0v) is 10.3. The van der Waals surface area contributed by atoms with Gasteiger partial charge in [0.25, 0.3) is 0 Å². The summed E-state index contributed by atoms with van der Waals surface area (Å²) in [7, 11) is 1.41. The van der Waals surface area contributed by atoms with Gasteiger partial charge in [0, 0.05) is 18.8 Å². The molecule has 16 heavy (non-hydrogen) atoms. The summed E-state index contributed by atoms with van der Waals surface area (Å²) in [5, 5.41) is 0.